The zero-order chi connectivity index (χ0) is 21.4. The van der Waals surface area contributed by atoms with Gasteiger partial charge in [0.15, 0.2) is 11.5 Å². The van der Waals surface area contributed by atoms with Crippen molar-refractivity contribution in [2.24, 2.45) is 12.8 Å². The molecule has 0 aromatic carbocycles. The van der Waals surface area contributed by atoms with Gasteiger partial charge in [-0.3, -0.25) is 4.79 Å². The van der Waals surface area contributed by atoms with Crippen molar-refractivity contribution >= 4 is 15.9 Å². The number of hydrogen-bond acceptors (Lipinski definition) is 5. The third-order valence-corrected chi connectivity index (χ3v) is 5.31. The number of nitrogens with zero attached hydrogens (tertiary/aromatic N) is 3. The van der Waals surface area contributed by atoms with Crippen LogP contribution in [0, 0.1) is 17.1 Å². The summed E-state index contributed by atoms with van der Waals surface area (Å²) < 4.78 is 80.4. The lowest BCUT2D eigenvalue weighted by atomic mass is 10.1. The van der Waals surface area contributed by atoms with Gasteiger partial charge in [0.05, 0.1) is 0 Å². The Bertz CT molecular complexity index is 1090. The molecule has 0 fully saturated rings. The first-order chi connectivity index (χ1) is 12.8. The van der Waals surface area contributed by atoms with Crippen molar-refractivity contribution in [1.29, 1.82) is 5.26 Å². The number of nitrogens with one attached hydrogen (secondary N) is 1. The third kappa shape index (κ3) is 3.82. The van der Waals surface area contributed by atoms with Crippen LogP contribution in [0.15, 0.2) is 23.4 Å². The molecule has 0 aliphatic rings. The minimum Gasteiger partial charge on any atom is -0.364 e. The van der Waals surface area contributed by atoms with Crippen LogP contribution in [0.3, 0.4) is 0 Å². The minimum absolute atomic E-state index is 0.478. The molecule has 0 saturated carbocycles. The summed E-state index contributed by atoms with van der Waals surface area (Å²) in [5.74, 6) is -2.41. The quantitative estimate of drug-likeness (QED) is 0.708. The van der Waals surface area contributed by atoms with Gasteiger partial charge in [-0.25, -0.2) is 17.8 Å². The van der Waals surface area contributed by atoms with Crippen molar-refractivity contribution in [2.45, 2.75) is 24.0 Å². The van der Waals surface area contributed by atoms with Crippen LogP contribution < -0.4 is 10.5 Å². The summed E-state index contributed by atoms with van der Waals surface area (Å²) in [7, 11) is -3.65. The number of alkyl halides is 3. The molecular weight excluding hydrogens is 406 g/mol. The Morgan fingerprint density at radius 2 is 2.04 bits per heavy atom. The number of nitriles is 1. The van der Waals surface area contributed by atoms with Gasteiger partial charge in [0.25, 0.3) is 5.91 Å². The number of rotatable bonds is 5. The summed E-state index contributed by atoms with van der Waals surface area (Å²) in [5, 5.41) is 8.91. The van der Waals surface area contributed by atoms with Gasteiger partial charge in [-0.1, -0.05) is 0 Å². The molecule has 2 aromatic heterocycles. The number of amides is 1. The van der Waals surface area contributed by atoms with Crippen molar-refractivity contribution in [1.82, 2.24) is 14.3 Å². The maximum Gasteiger partial charge on any atom is 0.404 e. The van der Waals surface area contributed by atoms with Crippen LogP contribution in [-0.4, -0.2) is 36.1 Å². The van der Waals surface area contributed by atoms with E-state index in [1.54, 1.807) is 0 Å². The van der Waals surface area contributed by atoms with Crippen molar-refractivity contribution in [3.05, 3.63) is 35.7 Å². The highest BCUT2D eigenvalue weighted by molar-refractivity contribution is 7.89. The molecule has 1 amide bonds. The third-order valence-electron chi connectivity index (χ3n) is 3.76. The van der Waals surface area contributed by atoms with E-state index in [-0.39, 0.29) is 0 Å². The fraction of sp³-hybridized carbons (Fsp3) is 0.267. The first-order valence-electron chi connectivity index (χ1n) is 7.44. The van der Waals surface area contributed by atoms with E-state index in [1.807, 2.05) is 0 Å². The number of aromatic nitrogens is 2. The summed E-state index contributed by atoms with van der Waals surface area (Å²) in [4.78, 5) is 14.5. The monoisotopic (exact) mass is 419 g/mol. The molecule has 3 N–H and O–H groups in total. The molecule has 2 aromatic rings. The van der Waals surface area contributed by atoms with Crippen molar-refractivity contribution < 1.29 is 30.8 Å². The molecule has 0 unspecified atom stereocenters. The van der Waals surface area contributed by atoms with Crippen LogP contribution in [-0.2, 0) is 17.1 Å². The lowest BCUT2D eigenvalue weighted by Gasteiger charge is -2.17. The molecule has 2 rings (SSSR count). The van der Waals surface area contributed by atoms with Crippen LogP contribution in [0.1, 0.15) is 23.1 Å². The zero-order valence-corrected chi connectivity index (χ0v) is 15.2. The average Bonchev–Trinajstić information content (AvgIpc) is 2.92. The van der Waals surface area contributed by atoms with Gasteiger partial charge in [0.2, 0.25) is 10.0 Å². The number of nitrogens with two attached hydrogens (primary N) is 1. The van der Waals surface area contributed by atoms with Gasteiger partial charge < -0.3 is 10.3 Å². The van der Waals surface area contributed by atoms with Crippen molar-refractivity contribution in [3.8, 4) is 17.2 Å². The van der Waals surface area contributed by atoms with Crippen molar-refractivity contribution in [3.63, 3.8) is 0 Å². The van der Waals surface area contributed by atoms with Gasteiger partial charge in [0, 0.05) is 30.6 Å². The number of carbonyl (C=O) groups is 1. The van der Waals surface area contributed by atoms with E-state index in [0.29, 0.717) is 6.92 Å². The van der Waals surface area contributed by atoms with E-state index in [2.05, 4.69) is 4.98 Å². The Labute approximate surface area is 156 Å². The van der Waals surface area contributed by atoms with Gasteiger partial charge >= 0.3 is 6.18 Å². The van der Waals surface area contributed by atoms with Gasteiger partial charge in [-0.05, 0) is 13.0 Å². The molecular formula is C15H13F4N5O3S. The summed E-state index contributed by atoms with van der Waals surface area (Å²) in [5.41, 5.74) is 2.96. The van der Waals surface area contributed by atoms with E-state index in [9.17, 15) is 30.8 Å². The lowest BCUT2D eigenvalue weighted by Crippen LogP contribution is -2.43. The predicted octanol–water partition coefficient (Wildman–Crippen LogP) is 1.43. The van der Waals surface area contributed by atoms with Crippen LogP contribution in [0.4, 0.5) is 17.6 Å². The van der Waals surface area contributed by atoms with Gasteiger partial charge in [-0.2, -0.15) is 23.2 Å². The molecule has 2 heterocycles. The molecule has 1 atom stereocenters. The topological polar surface area (TPSA) is 131 Å². The highest BCUT2D eigenvalue weighted by Crippen LogP contribution is 2.35. The van der Waals surface area contributed by atoms with Crippen LogP contribution >= 0.6 is 0 Å². The Morgan fingerprint density at radius 3 is 2.54 bits per heavy atom. The predicted molar refractivity (Wildman–Crippen MR) is 87.7 cm³/mol. The molecule has 0 aliphatic carbocycles. The largest absolute Gasteiger partial charge is 0.404 e. The van der Waals surface area contributed by atoms with E-state index >= 15 is 0 Å². The molecule has 0 saturated heterocycles. The molecule has 0 spiro atoms. The Kier molecular flexibility index (Phi) is 5.49. The van der Waals surface area contributed by atoms with Crippen LogP contribution in [0.25, 0.3) is 11.1 Å². The number of carbonyl (C=O) groups excluding carboxylic acids is 1. The van der Waals surface area contributed by atoms with E-state index < -0.39 is 61.4 Å². The lowest BCUT2D eigenvalue weighted by molar-refractivity contribution is -0.147. The first kappa shape index (κ1) is 21.3. The molecule has 0 aliphatic heterocycles. The number of primary amides is 1. The number of sulfonamides is 1. The van der Waals surface area contributed by atoms with Gasteiger partial charge in [0.1, 0.15) is 22.7 Å². The smallest absolute Gasteiger partial charge is 0.364 e. The Hall–Kier alpha value is -2.98. The second kappa shape index (κ2) is 7.21. The number of halogens is 4. The Morgan fingerprint density at radius 1 is 1.43 bits per heavy atom. The first-order valence-corrected chi connectivity index (χ1v) is 8.92. The molecule has 0 bridgehead atoms. The number of pyridine rings is 1. The molecule has 28 heavy (non-hydrogen) atoms. The van der Waals surface area contributed by atoms with Gasteiger partial charge in [-0.15, -0.1) is 0 Å². The average molecular weight is 419 g/mol. The fourth-order valence-corrected chi connectivity index (χ4v) is 3.94. The summed E-state index contributed by atoms with van der Waals surface area (Å²) >= 11 is 0. The maximum atomic E-state index is 14.6. The summed E-state index contributed by atoms with van der Waals surface area (Å²) in [6.45, 7) is 0.579. The van der Waals surface area contributed by atoms with Crippen molar-refractivity contribution in [2.75, 3.05) is 0 Å². The minimum atomic E-state index is -4.88. The van der Waals surface area contributed by atoms with Crippen LogP contribution in [0.5, 0.6) is 0 Å². The van der Waals surface area contributed by atoms with Crippen LogP contribution in [0.2, 0.25) is 0 Å². The highest BCUT2D eigenvalue weighted by Gasteiger charge is 2.40. The standard InChI is InChI=1S/C15H13F4N5O3S/c1-7(15(17,18)19)23-28(26,27)10-6-24(2)13(14(21)25)11(10)8-3-4-22-9(5-20)12(8)16/h3-4,6-7,23H,1-2H3,(H2,21,25)/t7-/m1/s1. The summed E-state index contributed by atoms with van der Waals surface area (Å²) in [6, 6.07) is -0.0341. The molecule has 0 radical (unpaired) electrons. The van der Waals surface area contributed by atoms with E-state index in [0.717, 1.165) is 23.0 Å². The normalized spacial score (nSPS) is 13.2. The SMILES string of the molecule is C[C@@H](NS(=O)(=O)c1cn(C)c(C(N)=O)c1-c1ccnc(C#N)c1F)C(F)(F)F. The summed E-state index contributed by atoms with van der Waals surface area (Å²) in [6.07, 6.45) is -3.08. The number of hydrogen-bond donors (Lipinski definition) is 2. The molecule has 8 nitrogen and oxygen atoms in total. The van der Waals surface area contributed by atoms with E-state index in [1.165, 1.54) is 17.8 Å². The fourth-order valence-electron chi connectivity index (χ4n) is 2.44. The zero-order valence-electron chi connectivity index (χ0n) is 14.4. The maximum absolute atomic E-state index is 14.6. The number of aryl methyl sites for hydroxylation is 1. The highest BCUT2D eigenvalue weighted by atomic mass is 32.2. The second-order valence-corrected chi connectivity index (χ2v) is 7.39. The second-order valence-electron chi connectivity index (χ2n) is 5.71. The molecule has 13 heteroatoms. The van der Waals surface area contributed by atoms with E-state index in [4.69, 9.17) is 11.0 Å². The Balaban J connectivity index is 2.81. The molecule has 150 valence electrons.